The minimum atomic E-state index is -0.609. The summed E-state index contributed by atoms with van der Waals surface area (Å²) in [6.45, 7) is 2.66. The van der Waals surface area contributed by atoms with Gasteiger partial charge in [0.15, 0.2) is 0 Å². The molecular weight excluding hydrogens is 481 g/mol. The minimum Gasteiger partial charge on any atom is -0.442 e. The Morgan fingerprint density at radius 2 is 2.09 bits per heavy atom. The Hall–Kier alpha value is -3.74. The highest BCUT2D eigenvalue weighted by atomic mass is 32.1. The molecule has 2 aliphatic heterocycles. The minimum absolute atomic E-state index is 0.0970. The summed E-state index contributed by atoms with van der Waals surface area (Å²) in [7, 11) is 1.64. The van der Waals surface area contributed by atoms with E-state index >= 15 is 4.39 Å². The first kappa shape index (κ1) is 24.4. The molecule has 1 N–H and O–H groups in total. The number of ether oxygens (including phenoxy) is 1. The van der Waals surface area contributed by atoms with Crippen LogP contribution in [0.2, 0.25) is 0 Å². The SMILES string of the molecule is CC(=O)NC[C@H]1CN(c2ccc(N3CCC(N(C)C(=O)c4ccc([N+](=O)[O-])s4)C3)c(F)c2)C(=O)O1. The molecule has 1 aromatic carbocycles. The van der Waals surface area contributed by atoms with Gasteiger partial charge < -0.3 is 19.9 Å². The van der Waals surface area contributed by atoms with Gasteiger partial charge in [-0.2, -0.15) is 0 Å². The Kier molecular flexibility index (Phi) is 6.87. The highest BCUT2D eigenvalue weighted by molar-refractivity contribution is 7.17. The standard InChI is InChI=1S/C22H24FN5O6S/c1-13(29)24-10-16-12-27(22(31)34-16)14-3-4-18(17(23)9-14)26-8-7-15(11-26)25(2)21(30)19-5-6-20(35-19)28(32)33/h3-6,9,15-16H,7-8,10-12H2,1-2H3,(H,24,29)/t15?,16-/m0/s1. The molecule has 2 atom stereocenters. The fraction of sp³-hybridized carbons (Fsp3) is 0.409. The van der Waals surface area contributed by atoms with Crippen LogP contribution in [0.25, 0.3) is 0 Å². The van der Waals surface area contributed by atoms with E-state index in [-0.39, 0.29) is 40.8 Å². The van der Waals surface area contributed by atoms with Crippen molar-refractivity contribution < 1.29 is 28.4 Å². The topological polar surface area (TPSA) is 125 Å². The second-order valence-electron chi connectivity index (χ2n) is 8.39. The van der Waals surface area contributed by atoms with Crippen LogP contribution in [-0.4, -0.2) is 73.1 Å². The molecule has 35 heavy (non-hydrogen) atoms. The second-order valence-corrected chi connectivity index (χ2v) is 9.45. The number of carbonyl (C=O) groups excluding carboxylic acids is 3. The van der Waals surface area contributed by atoms with E-state index < -0.39 is 22.9 Å². The van der Waals surface area contributed by atoms with Gasteiger partial charge in [-0.25, -0.2) is 9.18 Å². The number of hydrogen-bond acceptors (Lipinski definition) is 8. The van der Waals surface area contributed by atoms with E-state index in [1.165, 1.54) is 34.9 Å². The average molecular weight is 506 g/mol. The van der Waals surface area contributed by atoms with Gasteiger partial charge in [0.25, 0.3) is 5.91 Å². The monoisotopic (exact) mass is 505 g/mol. The molecule has 2 fully saturated rings. The number of likely N-dealkylation sites (N-methyl/N-ethyl adjacent to an activating group) is 1. The van der Waals surface area contributed by atoms with Gasteiger partial charge in [0.2, 0.25) is 5.91 Å². The molecule has 186 valence electrons. The van der Waals surface area contributed by atoms with Crippen LogP contribution >= 0.6 is 11.3 Å². The lowest BCUT2D eigenvalue weighted by Crippen LogP contribution is -2.38. The molecule has 13 heteroatoms. The van der Waals surface area contributed by atoms with Crippen LogP contribution in [0.15, 0.2) is 30.3 Å². The maximum atomic E-state index is 15.0. The molecule has 0 spiro atoms. The van der Waals surface area contributed by atoms with Gasteiger partial charge in [-0.05, 0) is 30.7 Å². The number of thiophene rings is 1. The first-order valence-electron chi connectivity index (χ1n) is 10.9. The number of cyclic esters (lactones) is 1. The van der Waals surface area contributed by atoms with Gasteiger partial charge in [0.05, 0.1) is 40.3 Å². The third-order valence-corrected chi connectivity index (χ3v) is 7.08. The lowest BCUT2D eigenvalue weighted by Gasteiger charge is -2.25. The Bertz CT molecular complexity index is 1170. The number of hydrogen-bond donors (Lipinski definition) is 1. The summed E-state index contributed by atoms with van der Waals surface area (Å²) < 4.78 is 20.3. The van der Waals surface area contributed by atoms with E-state index in [0.29, 0.717) is 30.9 Å². The van der Waals surface area contributed by atoms with Crippen molar-refractivity contribution in [2.24, 2.45) is 0 Å². The van der Waals surface area contributed by atoms with Crippen molar-refractivity contribution in [1.29, 1.82) is 0 Å². The van der Waals surface area contributed by atoms with Crippen molar-refractivity contribution in [2.45, 2.75) is 25.5 Å². The summed E-state index contributed by atoms with van der Waals surface area (Å²) >= 11 is 0.827. The highest BCUT2D eigenvalue weighted by Crippen LogP contribution is 2.31. The lowest BCUT2D eigenvalue weighted by atomic mass is 10.2. The molecule has 2 aliphatic rings. The summed E-state index contributed by atoms with van der Waals surface area (Å²) in [5.74, 6) is -1.06. The quantitative estimate of drug-likeness (QED) is 0.453. The molecule has 0 bridgehead atoms. The highest BCUT2D eigenvalue weighted by Gasteiger charge is 2.34. The van der Waals surface area contributed by atoms with Crippen molar-refractivity contribution >= 4 is 45.6 Å². The molecular formula is C22H24FN5O6S. The van der Waals surface area contributed by atoms with Crippen molar-refractivity contribution in [1.82, 2.24) is 10.2 Å². The second kappa shape index (κ2) is 9.86. The van der Waals surface area contributed by atoms with Crippen molar-refractivity contribution in [2.75, 3.05) is 43.0 Å². The van der Waals surface area contributed by atoms with E-state index in [2.05, 4.69) is 5.32 Å². The first-order chi connectivity index (χ1) is 16.6. The summed E-state index contributed by atoms with van der Waals surface area (Å²) in [6, 6.07) is 7.05. The van der Waals surface area contributed by atoms with Crippen LogP contribution in [0, 0.1) is 15.9 Å². The molecule has 2 saturated heterocycles. The Balaban J connectivity index is 1.39. The van der Waals surface area contributed by atoms with Gasteiger partial charge in [-0.15, -0.1) is 0 Å². The van der Waals surface area contributed by atoms with Crippen molar-refractivity contribution in [3.63, 3.8) is 0 Å². The van der Waals surface area contributed by atoms with Gasteiger partial charge >= 0.3 is 11.1 Å². The van der Waals surface area contributed by atoms with Crippen molar-refractivity contribution in [3.05, 3.63) is 51.1 Å². The van der Waals surface area contributed by atoms with E-state index in [0.717, 1.165) is 11.3 Å². The zero-order valence-electron chi connectivity index (χ0n) is 19.1. The summed E-state index contributed by atoms with van der Waals surface area (Å²) in [5.41, 5.74) is 0.704. The zero-order valence-corrected chi connectivity index (χ0v) is 19.9. The van der Waals surface area contributed by atoms with Crippen LogP contribution in [0.5, 0.6) is 0 Å². The molecule has 2 aromatic rings. The smallest absolute Gasteiger partial charge is 0.414 e. The predicted octanol–water partition coefficient (Wildman–Crippen LogP) is 2.61. The Labute approximate surface area is 204 Å². The molecule has 1 unspecified atom stereocenters. The number of anilines is 2. The van der Waals surface area contributed by atoms with E-state index in [4.69, 9.17) is 4.74 Å². The first-order valence-corrected chi connectivity index (χ1v) is 11.7. The maximum absolute atomic E-state index is 15.0. The Morgan fingerprint density at radius 1 is 1.31 bits per heavy atom. The normalized spacial score (nSPS) is 19.6. The molecule has 1 aromatic heterocycles. The van der Waals surface area contributed by atoms with E-state index in [9.17, 15) is 24.5 Å². The van der Waals surface area contributed by atoms with Crippen LogP contribution in [-0.2, 0) is 9.53 Å². The van der Waals surface area contributed by atoms with Crippen LogP contribution in [0.4, 0.5) is 25.6 Å². The fourth-order valence-electron chi connectivity index (χ4n) is 4.17. The molecule has 3 amide bonds. The van der Waals surface area contributed by atoms with Gasteiger partial charge in [-0.1, -0.05) is 11.3 Å². The largest absolute Gasteiger partial charge is 0.442 e. The number of carbonyl (C=O) groups is 3. The molecule has 0 radical (unpaired) electrons. The lowest BCUT2D eigenvalue weighted by molar-refractivity contribution is -0.380. The maximum Gasteiger partial charge on any atom is 0.414 e. The number of benzene rings is 1. The average Bonchev–Trinajstić information content (AvgIpc) is 3.56. The molecule has 11 nitrogen and oxygen atoms in total. The number of halogens is 1. The molecule has 3 heterocycles. The summed E-state index contributed by atoms with van der Waals surface area (Å²) in [6.07, 6.45) is -0.519. The molecule has 0 aliphatic carbocycles. The molecule has 0 saturated carbocycles. The summed E-state index contributed by atoms with van der Waals surface area (Å²) in [4.78, 5) is 51.4. The van der Waals surface area contributed by atoms with E-state index in [1.807, 2.05) is 4.90 Å². The van der Waals surface area contributed by atoms with Gasteiger partial charge in [0, 0.05) is 33.1 Å². The third kappa shape index (κ3) is 5.19. The predicted molar refractivity (Wildman–Crippen MR) is 126 cm³/mol. The third-order valence-electron chi connectivity index (χ3n) is 6.05. The van der Waals surface area contributed by atoms with Crippen molar-refractivity contribution in [3.8, 4) is 0 Å². The van der Waals surface area contributed by atoms with Gasteiger partial charge in [-0.3, -0.25) is 24.6 Å². The number of rotatable bonds is 7. The van der Waals surface area contributed by atoms with Crippen LogP contribution in [0.3, 0.4) is 0 Å². The number of amides is 3. The fourth-order valence-corrected chi connectivity index (χ4v) is 4.98. The zero-order chi connectivity index (χ0) is 25.3. The van der Waals surface area contributed by atoms with Crippen LogP contribution < -0.4 is 15.1 Å². The van der Waals surface area contributed by atoms with Gasteiger partial charge in [0.1, 0.15) is 11.9 Å². The van der Waals surface area contributed by atoms with Crippen LogP contribution in [0.1, 0.15) is 23.0 Å². The summed E-state index contributed by atoms with van der Waals surface area (Å²) in [5, 5.41) is 13.4. The number of nitro groups is 1. The number of nitrogens with zero attached hydrogens (tertiary/aromatic N) is 4. The molecule has 4 rings (SSSR count). The Morgan fingerprint density at radius 3 is 2.74 bits per heavy atom. The van der Waals surface area contributed by atoms with E-state index in [1.54, 1.807) is 19.2 Å². The number of nitrogens with one attached hydrogen (secondary N) is 1.